The van der Waals surface area contributed by atoms with E-state index in [0.29, 0.717) is 24.3 Å². The molecule has 4 rings (SSSR count). The first-order chi connectivity index (χ1) is 14.4. The molecule has 2 aromatic carbocycles. The fourth-order valence-electron chi connectivity index (χ4n) is 3.63. The molecule has 0 bridgehead atoms. The van der Waals surface area contributed by atoms with Gasteiger partial charge in [0.05, 0.1) is 0 Å². The molecule has 0 saturated carbocycles. The molecule has 1 aliphatic rings. The molecule has 1 saturated heterocycles. The predicted molar refractivity (Wildman–Crippen MR) is 107 cm³/mol. The van der Waals surface area contributed by atoms with Crippen LogP contribution in [0.1, 0.15) is 21.6 Å². The van der Waals surface area contributed by atoms with E-state index in [1.807, 2.05) is 25.1 Å². The van der Waals surface area contributed by atoms with Gasteiger partial charge in [-0.15, -0.1) is 0 Å². The van der Waals surface area contributed by atoms with E-state index in [1.165, 1.54) is 17.0 Å². The summed E-state index contributed by atoms with van der Waals surface area (Å²) in [5, 5.41) is 0.953. The van der Waals surface area contributed by atoms with Crippen molar-refractivity contribution in [1.29, 1.82) is 0 Å². The standard InChI is InChI=1S/C22H21F2N3O3/c1-14-5-6-18-16(9-14)11-19(25-18)21(29)27-8-7-26(20(28)13-27)12-15-3-2-4-17(10-15)30-22(23)24/h2-6,9-11,22,25H,7-8,12-13H2,1H3. The second kappa shape index (κ2) is 8.14. The Balaban J connectivity index is 1.41. The van der Waals surface area contributed by atoms with E-state index in [9.17, 15) is 18.4 Å². The summed E-state index contributed by atoms with van der Waals surface area (Å²) in [6.07, 6.45) is 0. The van der Waals surface area contributed by atoms with Crippen molar-refractivity contribution in [1.82, 2.24) is 14.8 Å². The van der Waals surface area contributed by atoms with Crippen molar-refractivity contribution in [2.45, 2.75) is 20.1 Å². The second-order valence-electron chi connectivity index (χ2n) is 7.34. The molecule has 1 aromatic heterocycles. The first-order valence-corrected chi connectivity index (χ1v) is 9.59. The lowest BCUT2D eigenvalue weighted by Crippen LogP contribution is -2.51. The molecule has 30 heavy (non-hydrogen) atoms. The average Bonchev–Trinajstić information content (AvgIpc) is 3.12. The number of piperazine rings is 1. The van der Waals surface area contributed by atoms with E-state index in [-0.39, 0.29) is 30.7 Å². The van der Waals surface area contributed by atoms with Crippen molar-refractivity contribution >= 4 is 22.7 Å². The number of H-pyrrole nitrogens is 1. The van der Waals surface area contributed by atoms with Crippen molar-refractivity contribution in [3.8, 4) is 5.75 Å². The molecule has 1 fully saturated rings. The Bertz CT molecular complexity index is 1100. The van der Waals surface area contributed by atoms with Gasteiger partial charge in [-0.25, -0.2) is 0 Å². The van der Waals surface area contributed by atoms with Gasteiger partial charge >= 0.3 is 6.61 Å². The zero-order chi connectivity index (χ0) is 21.3. The van der Waals surface area contributed by atoms with Gasteiger partial charge < -0.3 is 19.5 Å². The van der Waals surface area contributed by atoms with Crippen LogP contribution in [0.15, 0.2) is 48.5 Å². The minimum absolute atomic E-state index is 0.0273. The first kappa shape index (κ1) is 19.9. The molecule has 156 valence electrons. The molecule has 0 aliphatic carbocycles. The highest BCUT2D eigenvalue weighted by Gasteiger charge is 2.28. The first-order valence-electron chi connectivity index (χ1n) is 9.59. The molecular formula is C22H21F2N3O3. The highest BCUT2D eigenvalue weighted by molar-refractivity contribution is 6.00. The van der Waals surface area contributed by atoms with Gasteiger partial charge in [0.25, 0.3) is 5.91 Å². The van der Waals surface area contributed by atoms with Gasteiger partial charge in [-0.1, -0.05) is 23.8 Å². The number of hydrogen-bond donors (Lipinski definition) is 1. The molecule has 1 aliphatic heterocycles. The van der Waals surface area contributed by atoms with Gasteiger partial charge in [0, 0.05) is 30.5 Å². The zero-order valence-corrected chi connectivity index (χ0v) is 16.4. The summed E-state index contributed by atoms with van der Waals surface area (Å²) >= 11 is 0. The number of carbonyl (C=O) groups is 2. The third-order valence-electron chi connectivity index (χ3n) is 5.11. The Kier molecular flexibility index (Phi) is 5.39. The number of alkyl halides is 2. The number of carbonyl (C=O) groups excluding carboxylic acids is 2. The molecule has 0 spiro atoms. The smallest absolute Gasteiger partial charge is 0.387 e. The number of ether oxygens (including phenoxy) is 1. The summed E-state index contributed by atoms with van der Waals surface area (Å²) in [7, 11) is 0. The minimum Gasteiger partial charge on any atom is -0.435 e. The number of fused-ring (bicyclic) bond motifs is 1. The van der Waals surface area contributed by atoms with Crippen LogP contribution in [0.2, 0.25) is 0 Å². The van der Waals surface area contributed by atoms with Gasteiger partial charge in [0.15, 0.2) is 0 Å². The van der Waals surface area contributed by atoms with Crippen LogP contribution in [0.3, 0.4) is 0 Å². The number of rotatable bonds is 5. The zero-order valence-electron chi connectivity index (χ0n) is 16.4. The predicted octanol–water partition coefficient (Wildman–Crippen LogP) is 3.56. The number of aromatic nitrogens is 1. The highest BCUT2D eigenvalue weighted by atomic mass is 19.3. The molecule has 2 heterocycles. The van der Waals surface area contributed by atoms with Crippen LogP contribution in [-0.4, -0.2) is 52.8 Å². The number of hydrogen-bond acceptors (Lipinski definition) is 3. The molecule has 3 aromatic rings. The Hall–Kier alpha value is -3.42. The maximum Gasteiger partial charge on any atom is 0.387 e. The lowest BCUT2D eigenvalue weighted by Gasteiger charge is -2.34. The summed E-state index contributed by atoms with van der Waals surface area (Å²) in [4.78, 5) is 31.7. The molecule has 1 N–H and O–H groups in total. The van der Waals surface area contributed by atoms with E-state index in [2.05, 4.69) is 9.72 Å². The third-order valence-corrected chi connectivity index (χ3v) is 5.11. The number of nitrogens with one attached hydrogen (secondary N) is 1. The van der Waals surface area contributed by atoms with E-state index < -0.39 is 6.61 Å². The van der Waals surface area contributed by atoms with Gasteiger partial charge in [-0.05, 0) is 42.8 Å². The summed E-state index contributed by atoms with van der Waals surface area (Å²) < 4.78 is 29.2. The number of aromatic amines is 1. The van der Waals surface area contributed by atoms with Gasteiger partial charge in [-0.2, -0.15) is 8.78 Å². The van der Waals surface area contributed by atoms with Crippen molar-refractivity contribution in [2.24, 2.45) is 0 Å². The van der Waals surface area contributed by atoms with Crippen LogP contribution in [0.25, 0.3) is 10.9 Å². The molecule has 0 radical (unpaired) electrons. The second-order valence-corrected chi connectivity index (χ2v) is 7.34. The Morgan fingerprint density at radius 2 is 2.00 bits per heavy atom. The third kappa shape index (κ3) is 4.27. The monoisotopic (exact) mass is 413 g/mol. The van der Waals surface area contributed by atoms with Gasteiger partial charge in [0.1, 0.15) is 18.0 Å². The van der Waals surface area contributed by atoms with Gasteiger partial charge in [0.2, 0.25) is 5.91 Å². The van der Waals surface area contributed by atoms with E-state index in [0.717, 1.165) is 16.5 Å². The normalized spacial score (nSPS) is 14.6. The molecule has 6 nitrogen and oxygen atoms in total. The number of halogens is 2. The minimum atomic E-state index is -2.90. The average molecular weight is 413 g/mol. The Morgan fingerprint density at radius 3 is 2.77 bits per heavy atom. The van der Waals surface area contributed by atoms with Gasteiger partial charge in [-0.3, -0.25) is 9.59 Å². The Labute approximate surface area is 172 Å². The molecule has 2 amide bonds. The number of aryl methyl sites for hydroxylation is 1. The van der Waals surface area contributed by atoms with Crippen LogP contribution in [-0.2, 0) is 11.3 Å². The topological polar surface area (TPSA) is 65.6 Å². The molecule has 0 atom stereocenters. The van der Waals surface area contributed by atoms with Crippen LogP contribution in [0, 0.1) is 6.92 Å². The number of amides is 2. The maximum absolute atomic E-state index is 12.8. The number of benzene rings is 2. The largest absolute Gasteiger partial charge is 0.435 e. The fourth-order valence-corrected chi connectivity index (χ4v) is 3.63. The SMILES string of the molecule is Cc1ccc2[nH]c(C(=O)N3CCN(Cc4cccc(OC(F)F)c4)C(=O)C3)cc2c1. The van der Waals surface area contributed by atoms with Crippen LogP contribution in [0.5, 0.6) is 5.75 Å². The maximum atomic E-state index is 12.8. The van der Waals surface area contributed by atoms with Crippen LogP contribution in [0.4, 0.5) is 8.78 Å². The van der Waals surface area contributed by atoms with Crippen molar-refractivity contribution in [3.05, 3.63) is 65.4 Å². The fraction of sp³-hybridized carbons (Fsp3) is 0.273. The van der Waals surface area contributed by atoms with Crippen molar-refractivity contribution < 1.29 is 23.1 Å². The Morgan fingerprint density at radius 1 is 1.17 bits per heavy atom. The number of nitrogens with zero attached hydrogens (tertiary/aromatic N) is 2. The highest BCUT2D eigenvalue weighted by Crippen LogP contribution is 2.20. The van der Waals surface area contributed by atoms with Crippen molar-refractivity contribution in [2.75, 3.05) is 19.6 Å². The molecule has 8 heteroatoms. The van der Waals surface area contributed by atoms with Crippen LogP contribution >= 0.6 is 0 Å². The summed E-state index contributed by atoms with van der Waals surface area (Å²) in [5.41, 5.74) is 3.12. The lowest BCUT2D eigenvalue weighted by atomic mass is 10.1. The van der Waals surface area contributed by atoms with E-state index >= 15 is 0 Å². The molecular weight excluding hydrogens is 392 g/mol. The summed E-state index contributed by atoms with van der Waals surface area (Å²) in [5.74, 6) is -0.358. The van der Waals surface area contributed by atoms with E-state index in [1.54, 1.807) is 23.1 Å². The van der Waals surface area contributed by atoms with E-state index in [4.69, 9.17) is 0 Å². The lowest BCUT2D eigenvalue weighted by molar-refractivity contribution is -0.135. The summed E-state index contributed by atoms with van der Waals surface area (Å²) in [6, 6.07) is 14.0. The molecule has 0 unspecified atom stereocenters. The quantitative estimate of drug-likeness (QED) is 0.696. The summed E-state index contributed by atoms with van der Waals surface area (Å²) in [6.45, 7) is 0.0925. The van der Waals surface area contributed by atoms with Crippen LogP contribution < -0.4 is 4.74 Å². The van der Waals surface area contributed by atoms with Crippen molar-refractivity contribution in [3.63, 3.8) is 0 Å².